The summed E-state index contributed by atoms with van der Waals surface area (Å²) in [5.41, 5.74) is 2.10. The molecule has 1 saturated heterocycles. The standard InChI is InChI=1S/C19H26N4OS2/c1-14-20-15(12-25-14)5-6-17(24)23-9-7-22(8-10-23)11-16-13-26-18(21-16)19(2,3)4/h5-6,12-13H,7-11H2,1-4H3. The molecule has 0 aliphatic carbocycles. The number of aryl methyl sites for hydroxylation is 1. The molecule has 1 aliphatic rings. The minimum Gasteiger partial charge on any atom is -0.337 e. The summed E-state index contributed by atoms with van der Waals surface area (Å²) < 4.78 is 0. The van der Waals surface area contributed by atoms with E-state index < -0.39 is 0 Å². The van der Waals surface area contributed by atoms with Crippen molar-refractivity contribution in [2.75, 3.05) is 26.2 Å². The van der Waals surface area contributed by atoms with Gasteiger partial charge >= 0.3 is 0 Å². The lowest BCUT2D eigenvalue weighted by atomic mass is 9.98. The number of aromatic nitrogens is 2. The van der Waals surface area contributed by atoms with Crippen molar-refractivity contribution >= 4 is 34.7 Å². The maximum Gasteiger partial charge on any atom is 0.246 e. The summed E-state index contributed by atoms with van der Waals surface area (Å²) in [4.78, 5) is 25.8. The van der Waals surface area contributed by atoms with Gasteiger partial charge in [0.2, 0.25) is 5.91 Å². The van der Waals surface area contributed by atoms with E-state index in [1.165, 1.54) is 5.01 Å². The maximum atomic E-state index is 12.3. The van der Waals surface area contributed by atoms with Crippen LogP contribution in [0.2, 0.25) is 0 Å². The van der Waals surface area contributed by atoms with Crippen molar-refractivity contribution < 1.29 is 4.79 Å². The van der Waals surface area contributed by atoms with Crippen LogP contribution in [0.5, 0.6) is 0 Å². The Morgan fingerprint density at radius 2 is 1.88 bits per heavy atom. The Labute approximate surface area is 163 Å². The molecule has 0 spiro atoms. The Kier molecular flexibility index (Phi) is 5.89. The van der Waals surface area contributed by atoms with Gasteiger partial charge in [-0.1, -0.05) is 20.8 Å². The van der Waals surface area contributed by atoms with Crippen LogP contribution in [0, 0.1) is 6.92 Å². The Balaban J connectivity index is 1.48. The van der Waals surface area contributed by atoms with Crippen LogP contribution in [-0.2, 0) is 16.8 Å². The molecule has 2 aromatic rings. The van der Waals surface area contributed by atoms with Gasteiger partial charge in [0.25, 0.3) is 0 Å². The molecule has 0 unspecified atom stereocenters. The second-order valence-corrected chi connectivity index (χ2v) is 9.54. The zero-order valence-corrected chi connectivity index (χ0v) is 17.5. The van der Waals surface area contributed by atoms with E-state index in [0.717, 1.165) is 49.1 Å². The number of hydrogen-bond acceptors (Lipinski definition) is 6. The van der Waals surface area contributed by atoms with Gasteiger partial charge in [0.05, 0.1) is 21.4 Å². The second-order valence-electron chi connectivity index (χ2n) is 7.62. The molecule has 0 atom stereocenters. The number of hydrogen-bond donors (Lipinski definition) is 0. The normalized spacial score (nSPS) is 16.5. The molecule has 2 aromatic heterocycles. The van der Waals surface area contributed by atoms with Crippen molar-refractivity contribution in [3.8, 4) is 0 Å². The predicted molar refractivity (Wildman–Crippen MR) is 109 cm³/mol. The molecule has 1 fully saturated rings. The first-order valence-electron chi connectivity index (χ1n) is 8.87. The highest BCUT2D eigenvalue weighted by Crippen LogP contribution is 2.26. The molecule has 3 heterocycles. The first-order chi connectivity index (χ1) is 12.3. The molecular weight excluding hydrogens is 364 g/mol. The summed E-state index contributed by atoms with van der Waals surface area (Å²) >= 11 is 3.34. The van der Waals surface area contributed by atoms with Crippen molar-refractivity contribution in [1.82, 2.24) is 19.8 Å². The first kappa shape index (κ1) is 19.2. The number of nitrogens with zero attached hydrogens (tertiary/aromatic N) is 4. The van der Waals surface area contributed by atoms with Crippen LogP contribution in [0.25, 0.3) is 6.08 Å². The minimum atomic E-state index is 0.0685. The lowest BCUT2D eigenvalue weighted by molar-refractivity contribution is -0.127. The van der Waals surface area contributed by atoms with Crippen LogP contribution < -0.4 is 0 Å². The summed E-state index contributed by atoms with van der Waals surface area (Å²) in [6.45, 7) is 12.7. The molecule has 0 N–H and O–H groups in total. The average Bonchev–Trinajstić information content (AvgIpc) is 3.22. The molecule has 1 amide bonds. The molecule has 3 rings (SSSR count). The van der Waals surface area contributed by atoms with Crippen LogP contribution in [0.3, 0.4) is 0 Å². The Morgan fingerprint density at radius 3 is 2.46 bits per heavy atom. The van der Waals surface area contributed by atoms with Crippen LogP contribution in [0.1, 0.15) is 42.2 Å². The van der Waals surface area contributed by atoms with Gasteiger partial charge in [-0.3, -0.25) is 9.69 Å². The van der Waals surface area contributed by atoms with Crippen LogP contribution in [0.4, 0.5) is 0 Å². The summed E-state index contributed by atoms with van der Waals surface area (Å²) in [7, 11) is 0. The number of carbonyl (C=O) groups is 1. The van der Waals surface area contributed by atoms with E-state index in [1.807, 2.05) is 23.3 Å². The topological polar surface area (TPSA) is 49.3 Å². The van der Waals surface area contributed by atoms with E-state index >= 15 is 0 Å². The lowest BCUT2D eigenvalue weighted by Gasteiger charge is -2.33. The Hall–Kier alpha value is -1.57. The van der Waals surface area contributed by atoms with Gasteiger partial charge in [-0.15, -0.1) is 22.7 Å². The van der Waals surface area contributed by atoms with E-state index in [0.29, 0.717) is 0 Å². The fraction of sp³-hybridized carbons (Fsp3) is 0.526. The Morgan fingerprint density at radius 1 is 1.15 bits per heavy atom. The van der Waals surface area contributed by atoms with Crippen molar-refractivity contribution in [1.29, 1.82) is 0 Å². The summed E-state index contributed by atoms with van der Waals surface area (Å²) in [5, 5.41) is 6.33. The largest absolute Gasteiger partial charge is 0.337 e. The van der Waals surface area contributed by atoms with Gasteiger partial charge in [0, 0.05) is 55.0 Å². The maximum absolute atomic E-state index is 12.3. The quantitative estimate of drug-likeness (QED) is 0.749. The van der Waals surface area contributed by atoms with Crippen LogP contribution >= 0.6 is 22.7 Å². The predicted octanol–water partition coefficient (Wildman–Crippen LogP) is 3.56. The third-order valence-corrected chi connectivity index (χ3v) is 6.40. The lowest BCUT2D eigenvalue weighted by Crippen LogP contribution is -2.47. The molecule has 140 valence electrons. The summed E-state index contributed by atoms with van der Waals surface area (Å²) in [6, 6.07) is 0. The molecule has 0 saturated carbocycles. The molecule has 0 radical (unpaired) electrons. The van der Waals surface area contributed by atoms with E-state index in [9.17, 15) is 4.79 Å². The molecule has 5 nitrogen and oxygen atoms in total. The fourth-order valence-corrected chi connectivity index (χ4v) is 4.28. The SMILES string of the molecule is Cc1nc(C=CC(=O)N2CCN(Cc3csc(C(C)(C)C)n3)CC2)cs1. The third-order valence-electron chi connectivity index (χ3n) is 4.30. The zero-order valence-electron chi connectivity index (χ0n) is 15.9. The van der Waals surface area contributed by atoms with Gasteiger partial charge in [-0.25, -0.2) is 9.97 Å². The van der Waals surface area contributed by atoms with Crippen molar-refractivity contribution in [2.24, 2.45) is 0 Å². The summed E-state index contributed by atoms with van der Waals surface area (Å²) in [6.07, 6.45) is 3.45. The van der Waals surface area contributed by atoms with Gasteiger partial charge in [0.15, 0.2) is 0 Å². The fourth-order valence-electron chi connectivity index (χ4n) is 2.80. The zero-order chi connectivity index (χ0) is 18.7. The van der Waals surface area contributed by atoms with Crippen molar-refractivity contribution in [3.05, 3.63) is 38.2 Å². The molecule has 7 heteroatoms. The minimum absolute atomic E-state index is 0.0685. The van der Waals surface area contributed by atoms with E-state index in [1.54, 1.807) is 28.7 Å². The molecular formula is C19H26N4OS2. The smallest absolute Gasteiger partial charge is 0.246 e. The van der Waals surface area contributed by atoms with E-state index in [4.69, 9.17) is 4.98 Å². The van der Waals surface area contributed by atoms with Gasteiger partial charge in [0.1, 0.15) is 0 Å². The Bertz CT molecular complexity index is 780. The number of rotatable bonds is 4. The van der Waals surface area contributed by atoms with Crippen LogP contribution in [-0.4, -0.2) is 51.9 Å². The number of piperazine rings is 1. The van der Waals surface area contributed by atoms with Gasteiger partial charge in [-0.2, -0.15) is 0 Å². The van der Waals surface area contributed by atoms with E-state index in [2.05, 4.69) is 36.0 Å². The number of thiazole rings is 2. The molecule has 1 aliphatic heterocycles. The van der Waals surface area contributed by atoms with Crippen molar-refractivity contribution in [3.63, 3.8) is 0 Å². The first-order valence-corrected chi connectivity index (χ1v) is 10.6. The summed E-state index contributed by atoms with van der Waals surface area (Å²) in [5.74, 6) is 0.0685. The molecule has 26 heavy (non-hydrogen) atoms. The monoisotopic (exact) mass is 390 g/mol. The molecule has 0 aromatic carbocycles. The van der Waals surface area contributed by atoms with E-state index in [-0.39, 0.29) is 11.3 Å². The van der Waals surface area contributed by atoms with Gasteiger partial charge < -0.3 is 4.90 Å². The van der Waals surface area contributed by atoms with Gasteiger partial charge in [-0.05, 0) is 13.0 Å². The molecule has 0 bridgehead atoms. The highest BCUT2D eigenvalue weighted by Gasteiger charge is 2.22. The highest BCUT2D eigenvalue weighted by atomic mass is 32.1. The average molecular weight is 391 g/mol. The number of amides is 1. The highest BCUT2D eigenvalue weighted by molar-refractivity contribution is 7.10. The second kappa shape index (κ2) is 7.98. The van der Waals surface area contributed by atoms with Crippen LogP contribution in [0.15, 0.2) is 16.8 Å². The van der Waals surface area contributed by atoms with Crippen molar-refractivity contribution in [2.45, 2.75) is 39.7 Å². The number of carbonyl (C=O) groups excluding carboxylic acids is 1. The third kappa shape index (κ3) is 4.99.